The lowest BCUT2D eigenvalue weighted by atomic mass is 10.3. The Morgan fingerprint density at radius 3 is 1.05 bits per heavy atom. The lowest BCUT2D eigenvalue weighted by Gasteiger charge is -1.82. The minimum atomic E-state index is 0.711. The number of nitrogens with zero attached hydrogens (tertiary/aromatic N) is 17. The minimum absolute atomic E-state index is 0.711. The summed E-state index contributed by atoms with van der Waals surface area (Å²) >= 11 is 0. The molecule has 350 valence electrons. The van der Waals surface area contributed by atoms with E-state index in [-0.39, 0.29) is 0 Å². The smallest absolute Gasteiger partial charge is 0.147 e. The number of rotatable bonds is 0. The molecule has 0 atom stereocenters. The van der Waals surface area contributed by atoms with E-state index in [9.17, 15) is 0 Å². The van der Waals surface area contributed by atoms with Gasteiger partial charge < -0.3 is 0 Å². The van der Waals surface area contributed by atoms with Crippen LogP contribution in [0.1, 0.15) is 137 Å². The van der Waals surface area contributed by atoms with E-state index in [2.05, 4.69) is 85.4 Å². The van der Waals surface area contributed by atoms with Crippen LogP contribution < -0.4 is 0 Å². The molecule has 0 saturated heterocycles. The third-order valence-corrected chi connectivity index (χ3v) is 4.67. The summed E-state index contributed by atoms with van der Waals surface area (Å²) in [5, 5.41) is 21.4. The zero-order valence-electron chi connectivity index (χ0n) is 42.5. The fourth-order valence-corrected chi connectivity index (χ4v) is 2.40. The predicted octanol–water partition coefficient (Wildman–Crippen LogP) is 10.9. The standard InChI is InChI=1S/C6H7N.2C5H6N2.4C4H5N3.7C2H6/c1-6-3-2-4-7-5-6;1-5-4-6-2-3-7-5;1-5-2-3-6-4-7-5;1-4-6-2-5-3-7-4;1-4-2-6-7-3-5-4;1-4-2-5-3-6-7-4;1-4-5-2-3-6-7-4;7*1-2/h2-5H,1H3;2*2-4H,1H3;4*2-3H,1H3;7*1-2H3. The van der Waals surface area contributed by atoms with Crippen molar-refractivity contribution in [3.63, 3.8) is 0 Å². The molecule has 7 aromatic rings. The maximum atomic E-state index is 3.92. The first kappa shape index (κ1) is 70.9. The van der Waals surface area contributed by atoms with Crippen LogP contribution in [-0.4, -0.2) is 85.4 Å². The van der Waals surface area contributed by atoms with Crippen molar-refractivity contribution < 1.29 is 0 Å². The Morgan fingerprint density at radius 2 is 0.825 bits per heavy atom. The molecule has 0 aliphatic heterocycles. The quantitative estimate of drug-likeness (QED) is 0.138. The highest BCUT2D eigenvalue weighted by Gasteiger charge is 1.79. The van der Waals surface area contributed by atoms with Crippen molar-refractivity contribution in [3.05, 3.63) is 152 Å². The Hall–Kier alpha value is -6.65. The van der Waals surface area contributed by atoms with Gasteiger partial charge in [0, 0.05) is 49.1 Å². The van der Waals surface area contributed by atoms with E-state index in [1.807, 2.05) is 163 Å². The molecule has 17 heteroatoms. The number of pyridine rings is 1. The molecule has 0 radical (unpaired) electrons. The summed E-state index contributed by atoms with van der Waals surface area (Å²) in [6, 6.07) is 5.81. The van der Waals surface area contributed by atoms with Crippen molar-refractivity contribution >= 4 is 0 Å². The molecule has 0 aromatic carbocycles. The van der Waals surface area contributed by atoms with Gasteiger partial charge in [0.15, 0.2) is 0 Å². The molecule has 0 spiro atoms. The zero-order valence-corrected chi connectivity index (χ0v) is 42.5. The number of aryl methyl sites for hydroxylation is 7. The molecule has 0 amide bonds. The Morgan fingerprint density at radius 1 is 0.286 bits per heavy atom. The first-order valence-corrected chi connectivity index (χ1v) is 21.5. The Kier molecular flexibility index (Phi) is 75.5. The van der Waals surface area contributed by atoms with E-state index in [4.69, 9.17) is 0 Å². The fraction of sp³-hybridized carbons (Fsp3) is 0.457. The van der Waals surface area contributed by atoms with Gasteiger partial charge in [-0.2, -0.15) is 15.3 Å². The fourth-order valence-electron chi connectivity index (χ4n) is 2.40. The van der Waals surface area contributed by atoms with Crippen LogP contribution in [-0.2, 0) is 0 Å². The summed E-state index contributed by atoms with van der Waals surface area (Å²) in [4.78, 5) is 41.7. The van der Waals surface area contributed by atoms with Crippen LogP contribution in [0.25, 0.3) is 0 Å². The monoisotopic (exact) mass is 872 g/mol. The van der Waals surface area contributed by atoms with Crippen molar-refractivity contribution in [3.8, 4) is 0 Å². The van der Waals surface area contributed by atoms with Gasteiger partial charge in [-0.05, 0) is 66.2 Å². The molecular formula is C46H81N17. The van der Waals surface area contributed by atoms with Crippen LogP contribution in [0.2, 0.25) is 0 Å². The number of hydrogen-bond donors (Lipinski definition) is 0. The number of aromatic nitrogens is 17. The second-order valence-electron chi connectivity index (χ2n) is 9.10. The summed E-state index contributed by atoms with van der Waals surface area (Å²) < 4.78 is 0. The largest absolute Gasteiger partial charge is 0.264 e. The average molecular weight is 872 g/mol. The third kappa shape index (κ3) is 64.7. The van der Waals surface area contributed by atoms with E-state index in [0.717, 1.165) is 28.6 Å². The summed E-state index contributed by atoms with van der Waals surface area (Å²) in [6.07, 6.45) is 24.1. The third-order valence-electron chi connectivity index (χ3n) is 4.67. The van der Waals surface area contributed by atoms with E-state index < -0.39 is 0 Å². The maximum Gasteiger partial charge on any atom is 0.147 e. The first-order valence-electron chi connectivity index (χ1n) is 21.5. The van der Waals surface area contributed by atoms with Crippen LogP contribution in [0.15, 0.2) is 112 Å². The Balaban J connectivity index is -0.000000111. The van der Waals surface area contributed by atoms with Gasteiger partial charge in [-0.1, -0.05) is 103 Å². The lowest BCUT2D eigenvalue weighted by molar-refractivity contribution is 0.907. The van der Waals surface area contributed by atoms with Crippen molar-refractivity contribution in [1.29, 1.82) is 0 Å². The van der Waals surface area contributed by atoms with Crippen LogP contribution in [0.3, 0.4) is 0 Å². The molecule has 0 saturated carbocycles. The second-order valence-corrected chi connectivity index (χ2v) is 9.10. The summed E-state index contributed by atoms with van der Waals surface area (Å²) in [7, 11) is 0. The summed E-state index contributed by atoms with van der Waals surface area (Å²) in [5.41, 5.74) is 4.93. The molecule has 0 fully saturated rings. The molecule has 0 bridgehead atoms. The second kappa shape index (κ2) is 67.1. The minimum Gasteiger partial charge on any atom is -0.264 e. The van der Waals surface area contributed by atoms with Gasteiger partial charge >= 0.3 is 0 Å². The molecule has 0 unspecified atom stereocenters. The van der Waals surface area contributed by atoms with Crippen LogP contribution in [0, 0.1) is 48.5 Å². The molecular weight excluding hydrogens is 791 g/mol. The topological polar surface area (TPSA) is 219 Å². The van der Waals surface area contributed by atoms with Gasteiger partial charge in [-0.3, -0.25) is 15.0 Å². The zero-order chi connectivity index (χ0) is 49.8. The normalized spacial score (nSPS) is 7.44. The van der Waals surface area contributed by atoms with Crippen molar-refractivity contribution in [1.82, 2.24) is 85.4 Å². The lowest BCUT2D eigenvalue weighted by Crippen LogP contribution is -1.85. The highest BCUT2D eigenvalue weighted by Crippen LogP contribution is 1.88. The van der Waals surface area contributed by atoms with E-state index >= 15 is 0 Å². The van der Waals surface area contributed by atoms with E-state index in [1.165, 1.54) is 37.2 Å². The van der Waals surface area contributed by atoms with Crippen LogP contribution in [0.4, 0.5) is 0 Å². The van der Waals surface area contributed by atoms with Gasteiger partial charge in [0.25, 0.3) is 0 Å². The van der Waals surface area contributed by atoms with Crippen molar-refractivity contribution in [2.75, 3.05) is 0 Å². The molecule has 63 heavy (non-hydrogen) atoms. The van der Waals surface area contributed by atoms with Crippen molar-refractivity contribution in [2.24, 2.45) is 0 Å². The molecule has 17 nitrogen and oxygen atoms in total. The summed E-state index contributed by atoms with van der Waals surface area (Å²) in [6.45, 7) is 41.2. The van der Waals surface area contributed by atoms with Crippen LogP contribution >= 0.6 is 0 Å². The maximum absolute atomic E-state index is 3.92. The van der Waals surface area contributed by atoms with Crippen molar-refractivity contribution in [2.45, 2.75) is 145 Å². The Bertz CT molecular complexity index is 1330. The van der Waals surface area contributed by atoms with Gasteiger partial charge in [0.1, 0.15) is 43.3 Å². The van der Waals surface area contributed by atoms with Crippen LogP contribution in [0.5, 0.6) is 0 Å². The molecule has 7 aromatic heterocycles. The van der Waals surface area contributed by atoms with Gasteiger partial charge in [-0.15, -0.1) is 15.3 Å². The highest BCUT2D eigenvalue weighted by atomic mass is 15.1. The SMILES string of the molecule is CC.CC.CC.CC.CC.CC.CC.Cc1cccnc1.Cc1ccncn1.Cc1cnccn1.Cc1cncnn1.Cc1cnncn1.Cc1nccnn1.Cc1ncncn1. The predicted molar refractivity (Wildman–Crippen MR) is 260 cm³/mol. The first-order chi connectivity index (χ1) is 30.8. The van der Waals surface area contributed by atoms with Gasteiger partial charge in [0.05, 0.1) is 35.7 Å². The highest BCUT2D eigenvalue weighted by molar-refractivity contribution is 5.04. The molecule has 0 N–H and O–H groups in total. The van der Waals surface area contributed by atoms with Gasteiger partial charge in [-0.25, -0.2) is 39.9 Å². The molecule has 0 aliphatic carbocycles. The number of hydrogen-bond acceptors (Lipinski definition) is 17. The summed E-state index contributed by atoms with van der Waals surface area (Å²) in [5.74, 6) is 1.47. The molecule has 0 aliphatic rings. The Labute approximate surface area is 381 Å². The molecule has 7 heterocycles. The van der Waals surface area contributed by atoms with E-state index in [1.54, 1.807) is 62.7 Å². The van der Waals surface area contributed by atoms with Gasteiger partial charge in [0.2, 0.25) is 0 Å². The van der Waals surface area contributed by atoms with E-state index in [0.29, 0.717) is 5.82 Å². The molecule has 7 rings (SSSR count). The average Bonchev–Trinajstić information content (AvgIpc) is 3.36.